The van der Waals surface area contributed by atoms with Crippen LogP contribution in [-0.4, -0.2) is 50.2 Å². The summed E-state index contributed by atoms with van der Waals surface area (Å²) < 4.78 is 5.27. The molecule has 2 aliphatic carbocycles. The highest BCUT2D eigenvalue weighted by molar-refractivity contribution is 5.83. The molecule has 2 saturated carbocycles. The van der Waals surface area contributed by atoms with E-state index in [4.69, 9.17) is 4.74 Å². The van der Waals surface area contributed by atoms with Crippen LogP contribution in [0.1, 0.15) is 32.1 Å². The second-order valence-electron chi connectivity index (χ2n) is 6.42. The summed E-state index contributed by atoms with van der Waals surface area (Å²) in [4.78, 5) is 14.6. The maximum atomic E-state index is 12.6. The number of nitrogens with one attached hydrogen (secondary N) is 1. The van der Waals surface area contributed by atoms with Crippen LogP contribution in [0.5, 0.6) is 0 Å². The molecule has 4 nitrogen and oxygen atoms in total. The number of piperidine rings is 1. The average Bonchev–Trinajstić information content (AvgIpc) is 3.28. The van der Waals surface area contributed by atoms with Crippen molar-refractivity contribution >= 4 is 5.91 Å². The summed E-state index contributed by atoms with van der Waals surface area (Å²) in [7, 11) is 3.70. The van der Waals surface area contributed by atoms with E-state index < -0.39 is 0 Å². The second kappa shape index (κ2) is 4.20. The number of hydrogen-bond acceptors (Lipinski definition) is 3. The monoisotopic (exact) mass is 252 g/mol. The Hall–Kier alpha value is -0.610. The van der Waals surface area contributed by atoms with E-state index in [0.717, 1.165) is 32.4 Å². The molecule has 1 amide bonds. The highest BCUT2D eigenvalue weighted by Gasteiger charge is 2.61. The fraction of sp³-hybridized carbons (Fsp3) is 0.929. The Bertz CT molecular complexity index is 346. The number of hydrogen-bond donors (Lipinski definition) is 1. The Morgan fingerprint density at radius 2 is 2.00 bits per heavy atom. The highest BCUT2D eigenvalue weighted by Crippen LogP contribution is 2.60. The van der Waals surface area contributed by atoms with Gasteiger partial charge in [-0.2, -0.15) is 0 Å². The van der Waals surface area contributed by atoms with E-state index in [9.17, 15) is 4.79 Å². The van der Waals surface area contributed by atoms with Crippen LogP contribution in [-0.2, 0) is 9.53 Å². The number of likely N-dealkylation sites (N-methyl/N-ethyl adjacent to an activating group) is 1. The van der Waals surface area contributed by atoms with Crippen molar-refractivity contribution in [3.05, 3.63) is 0 Å². The van der Waals surface area contributed by atoms with E-state index in [1.165, 1.54) is 12.8 Å². The molecule has 1 atom stereocenters. The van der Waals surface area contributed by atoms with E-state index in [2.05, 4.69) is 5.32 Å². The van der Waals surface area contributed by atoms with Gasteiger partial charge in [-0.05, 0) is 50.6 Å². The van der Waals surface area contributed by atoms with Gasteiger partial charge >= 0.3 is 0 Å². The van der Waals surface area contributed by atoms with Gasteiger partial charge in [-0.1, -0.05) is 0 Å². The number of amides is 1. The molecule has 1 aliphatic heterocycles. The molecule has 1 saturated heterocycles. The third kappa shape index (κ3) is 1.86. The summed E-state index contributed by atoms with van der Waals surface area (Å²) in [5, 5.41) is 3.39. The Morgan fingerprint density at radius 3 is 2.56 bits per heavy atom. The normalized spacial score (nSPS) is 31.1. The van der Waals surface area contributed by atoms with Crippen LogP contribution in [0.4, 0.5) is 0 Å². The minimum Gasteiger partial charge on any atom is -0.382 e. The quantitative estimate of drug-likeness (QED) is 0.812. The summed E-state index contributed by atoms with van der Waals surface area (Å²) in [5.74, 6) is 0.658. The Kier molecular flexibility index (Phi) is 2.90. The zero-order valence-corrected chi connectivity index (χ0v) is 11.5. The van der Waals surface area contributed by atoms with E-state index in [1.54, 1.807) is 7.11 Å². The van der Waals surface area contributed by atoms with Crippen molar-refractivity contribution in [1.82, 2.24) is 10.2 Å². The van der Waals surface area contributed by atoms with Crippen LogP contribution >= 0.6 is 0 Å². The molecular formula is C14H24N2O2. The van der Waals surface area contributed by atoms with Crippen LogP contribution in [0.25, 0.3) is 0 Å². The molecule has 18 heavy (non-hydrogen) atoms. The van der Waals surface area contributed by atoms with Crippen molar-refractivity contribution in [2.75, 3.05) is 33.9 Å². The SMILES string of the molecule is COCC1(N(C)C(=O)[C@H]2CC23CCNCC3)CC1. The first-order valence-electron chi connectivity index (χ1n) is 7.11. The van der Waals surface area contributed by atoms with Crippen molar-refractivity contribution in [1.29, 1.82) is 0 Å². The zero-order chi connectivity index (χ0) is 12.8. The number of nitrogens with zero attached hydrogens (tertiary/aromatic N) is 1. The topological polar surface area (TPSA) is 41.6 Å². The van der Waals surface area contributed by atoms with Crippen molar-refractivity contribution in [3.8, 4) is 0 Å². The van der Waals surface area contributed by atoms with Crippen LogP contribution in [0, 0.1) is 11.3 Å². The third-order valence-electron chi connectivity index (χ3n) is 5.37. The first-order chi connectivity index (χ1) is 8.64. The highest BCUT2D eigenvalue weighted by atomic mass is 16.5. The van der Waals surface area contributed by atoms with Gasteiger partial charge in [-0.3, -0.25) is 4.79 Å². The summed E-state index contributed by atoms with van der Waals surface area (Å²) in [6.07, 6.45) is 5.67. The maximum absolute atomic E-state index is 12.6. The van der Waals surface area contributed by atoms with Gasteiger partial charge < -0.3 is 15.0 Å². The smallest absolute Gasteiger partial charge is 0.226 e. The largest absolute Gasteiger partial charge is 0.382 e. The van der Waals surface area contributed by atoms with E-state index in [-0.39, 0.29) is 5.54 Å². The van der Waals surface area contributed by atoms with Gasteiger partial charge in [0.2, 0.25) is 5.91 Å². The van der Waals surface area contributed by atoms with Gasteiger partial charge in [0, 0.05) is 20.1 Å². The molecule has 3 rings (SSSR count). The molecule has 0 aromatic rings. The molecule has 1 heterocycles. The van der Waals surface area contributed by atoms with Crippen molar-refractivity contribution < 1.29 is 9.53 Å². The number of ether oxygens (including phenoxy) is 1. The number of methoxy groups -OCH3 is 1. The maximum Gasteiger partial charge on any atom is 0.226 e. The van der Waals surface area contributed by atoms with E-state index >= 15 is 0 Å². The first kappa shape index (κ1) is 12.4. The van der Waals surface area contributed by atoms with Crippen LogP contribution in [0.15, 0.2) is 0 Å². The Morgan fingerprint density at radius 1 is 1.33 bits per heavy atom. The molecule has 1 spiro atoms. The van der Waals surface area contributed by atoms with Crippen LogP contribution in [0.3, 0.4) is 0 Å². The lowest BCUT2D eigenvalue weighted by atomic mass is 9.91. The molecule has 0 bridgehead atoms. The van der Waals surface area contributed by atoms with Gasteiger partial charge in [0.15, 0.2) is 0 Å². The summed E-state index contributed by atoms with van der Waals surface area (Å²) >= 11 is 0. The van der Waals surface area contributed by atoms with E-state index in [0.29, 0.717) is 23.8 Å². The zero-order valence-electron chi connectivity index (χ0n) is 11.5. The minimum absolute atomic E-state index is 0.0303. The predicted octanol–water partition coefficient (Wildman–Crippen LogP) is 1.01. The fourth-order valence-electron chi connectivity index (χ4n) is 3.63. The van der Waals surface area contributed by atoms with Gasteiger partial charge in [-0.15, -0.1) is 0 Å². The van der Waals surface area contributed by atoms with Crippen molar-refractivity contribution in [3.63, 3.8) is 0 Å². The summed E-state index contributed by atoms with van der Waals surface area (Å²) in [6.45, 7) is 2.85. The average molecular weight is 252 g/mol. The molecule has 3 aliphatic rings. The van der Waals surface area contributed by atoms with Gasteiger partial charge in [0.1, 0.15) is 0 Å². The molecule has 1 N–H and O–H groups in total. The number of carbonyl (C=O) groups is 1. The molecule has 0 aromatic heterocycles. The molecule has 4 heteroatoms. The standard InChI is InChI=1S/C14H24N2O2/c1-16(14(3-4-14)10-18-2)12(17)11-9-13(11)5-7-15-8-6-13/h11,15H,3-10H2,1-2H3/t11-/m1/s1. The van der Waals surface area contributed by atoms with Gasteiger partial charge in [0.25, 0.3) is 0 Å². The minimum atomic E-state index is 0.0303. The number of carbonyl (C=O) groups excluding carboxylic acids is 1. The first-order valence-corrected chi connectivity index (χ1v) is 7.11. The van der Waals surface area contributed by atoms with Crippen LogP contribution < -0.4 is 5.32 Å². The second-order valence-corrected chi connectivity index (χ2v) is 6.42. The molecule has 0 aromatic carbocycles. The Labute approximate surface area is 109 Å². The fourth-order valence-corrected chi connectivity index (χ4v) is 3.63. The van der Waals surface area contributed by atoms with E-state index in [1.807, 2.05) is 11.9 Å². The molecule has 0 radical (unpaired) electrons. The predicted molar refractivity (Wildman–Crippen MR) is 69.3 cm³/mol. The molecule has 102 valence electrons. The molecule has 3 fully saturated rings. The lowest BCUT2D eigenvalue weighted by Crippen LogP contribution is -2.44. The molecular weight excluding hydrogens is 228 g/mol. The third-order valence-corrected chi connectivity index (χ3v) is 5.37. The molecule has 0 unspecified atom stereocenters. The summed E-state index contributed by atoms with van der Waals surface area (Å²) in [5.41, 5.74) is 0.377. The van der Waals surface area contributed by atoms with Gasteiger partial charge in [0.05, 0.1) is 12.1 Å². The van der Waals surface area contributed by atoms with Crippen molar-refractivity contribution in [2.45, 2.75) is 37.6 Å². The van der Waals surface area contributed by atoms with Crippen molar-refractivity contribution in [2.24, 2.45) is 11.3 Å². The number of rotatable bonds is 4. The lowest BCUT2D eigenvalue weighted by molar-refractivity contribution is -0.136. The summed E-state index contributed by atoms with van der Waals surface area (Å²) in [6, 6.07) is 0. The van der Waals surface area contributed by atoms with Gasteiger partial charge in [-0.25, -0.2) is 0 Å². The van der Waals surface area contributed by atoms with Crippen LogP contribution in [0.2, 0.25) is 0 Å². The Balaban J connectivity index is 1.62. The lowest BCUT2D eigenvalue weighted by Gasteiger charge is -2.30.